The van der Waals surface area contributed by atoms with Gasteiger partial charge in [-0.2, -0.15) is 5.10 Å². The van der Waals surface area contributed by atoms with E-state index < -0.39 is 0 Å². The van der Waals surface area contributed by atoms with E-state index in [0.29, 0.717) is 17.9 Å². The highest BCUT2D eigenvalue weighted by molar-refractivity contribution is 5.96. The van der Waals surface area contributed by atoms with Crippen LogP contribution in [-0.4, -0.2) is 48.5 Å². The van der Waals surface area contributed by atoms with Gasteiger partial charge in [0, 0.05) is 55.7 Å². The SMILES string of the molecule is Cc1cc(CN(C)C(=O)c2ncc[nH]2)ccc1C(=O)N[C@H](C)c1cc(-c2cnn(C)c2)nc2ccccc12. The fourth-order valence-corrected chi connectivity index (χ4v) is 4.60. The summed E-state index contributed by atoms with van der Waals surface area (Å²) >= 11 is 0. The van der Waals surface area contributed by atoms with E-state index in [1.807, 2.05) is 75.6 Å². The van der Waals surface area contributed by atoms with E-state index in [9.17, 15) is 9.59 Å². The minimum Gasteiger partial charge on any atom is -0.345 e. The van der Waals surface area contributed by atoms with Crippen molar-refractivity contribution in [1.82, 2.24) is 34.9 Å². The lowest BCUT2D eigenvalue weighted by Crippen LogP contribution is -2.28. The smallest absolute Gasteiger partial charge is 0.289 e. The number of hydrogen-bond donors (Lipinski definition) is 2. The van der Waals surface area contributed by atoms with E-state index in [1.165, 1.54) is 0 Å². The number of para-hydroxylation sites is 1. The molecule has 0 aliphatic carbocycles. The van der Waals surface area contributed by atoms with Crippen LogP contribution in [0.2, 0.25) is 0 Å². The normalized spacial score (nSPS) is 11.9. The lowest BCUT2D eigenvalue weighted by molar-refractivity contribution is 0.0773. The van der Waals surface area contributed by atoms with Gasteiger partial charge in [-0.1, -0.05) is 30.3 Å². The molecule has 3 heterocycles. The van der Waals surface area contributed by atoms with Gasteiger partial charge in [-0.05, 0) is 48.7 Å². The van der Waals surface area contributed by atoms with Crippen LogP contribution in [-0.2, 0) is 13.6 Å². The van der Waals surface area contributed by atoms with Crippen molar-refractivity contribution in [2.75, 3.05) is 7.05 Å². The Kier molecular flexibility index (Phi) is 6.74. The lowest BCUT2D eigenvalue weighted by Gasteiger charge is -2.19. The zero-order valence-electron chi connectivity index (χ0n) is 21.8. The maximum absolute atomic E-state index is 13.3. The van der Waals surface area contributed by atoms with Gasteiger partial charge in [-0.3, -0.25) is 14.3 Å². The van der Waals surface area contributed by atoms with Crippen LogP contribution >= 0.6 is 0 Å². The zero-order chi connectivity index (χ0) is 26.8. The van der Waals surface area contributed by atoms with E-state index >= 15 is 0 Å². The van der Waals surface area contributed by atoms with E-state index in [0.717, 1.165) is 38.9 Å². The molecule has 0 radical (unpaired) electrons. The van der Waals surface area contributed by atoms with Crippen LogP contribution in [0, 0.1) is 6.92 Å². The average Bonchev–Trinajstić information content (AvgIpc) is 3.60. The fraction of sp³-hybridized carbons (Fsp3) is 0.207. The number of H-pyrrole nitrogens is 1. The summed E-state index contributed by atoms with van der Waals surface area (Å²) in [6.45, 7) is 4.28. The third kappa shape index (κ3) is 5.04. The fourth-order valence-electron chi connectivity index (χ4n) is 4.60. The number of imidazole rings is 1. The number of aryl methyl sites for hydroxylation is 2. The molecular weight excluding hydrogens is 478 g/mol. The van der Waals surface area contributed by atoms with E-state index in [-0.39, 0.29) is 17.9 Å². The molecule has 9 nitrogen and oxygen atoms in total. The molecule has 9 heteroatoms. The molecule has 0 unspecified atom stereocenters. The van der Waals surface area contributed by atoms with Gasteiger partial charge in [0.2, 0.25) is 0 Å². The van der Waals surface area contributed by atoms with Gasteiger partial charge in [-0.15, -0.1) is 0 Å². The van der Waals surface area contributed by atoms with Crippen LogP contribution < -0.4 is 5.32 Å². The number of fused-ring (bicyclic) bond motifs is 1. The Morgan fingerprint density at radius 1 is 1.16 bits per heavy atom. The summed E-state index contributed by atoms with van der Waals surface area (Å²) in [4.78, 5) is 39.1. The Morgan fingerprint density at radius 2 is 1.97 bits per heavy atom. The van der Waals surface area contributed by atoms with Crippen LogP contribution in [0.25, 0.3) is 22.2 Å². The number of carbonyl (C=O) groups excluding carboxylic acids is 2. The Balaban J connectivity index is 1.35. The van der Waals surface area contributed by atoms with Crippen molar-refractivity contribution in [1.29, 1.82) is 0 Å². The van der Waals surface area contributed by atoms with Gasteiger partial charge in [0.25, 0.3) is 11.8 Å². The molecule has 3 aromatic heterocycles. The van der Waals surface area contributed by atoms with Crippen LogP contribution in [0.15, 0.2) is 73.3 Å². The second-order valence-corrected chi connectivity index (χ2v) is 9.46. The maximum atomic E-state index is 13.3. The van der Waals surface area contributed by atoms with Crippen molar-refractivity contribution in [3.05, 3.63) is 101 Å². The molecule has 0 aliphatic rings. The number of carbonyl (C=O) groups is 2. The Hall–Kier alpha value is -4.79. The monoisotopic (exact) mass is 507 g/mol. The standard InChI is InChI=1S/C29H29N7O2/c1-18-13-20(16-35(3)29(38)27-30-11-12-31-27)9-10-22(18)28(37)33-19(2)24-14-26(21-15-32-36(4)17-21)34-25-8-6-5-7-23(24)25/h5-15,17,19H,16H2,1-4H3,(H,30,31)(H,33,37)/t19-/m1/s1. The van der Waals surface area contributed by atoms with Crippen LogP contribution in [0.5, 0.6) is 0 Å². The molecule has 38 heavy (non-hydrogen) atoms. The second-order valence-electron chi connectivity index (χ2n) is 9.46. The molecular formula is C29H29N7O2. The summed E-state index contributed by atoms with van der Waals surface area (Å²) in [5.41, 5.74) is 5.92. The number of rotatable bonds is 7. The van der Waals surface area contributed by atoms with Gasteiger partial charge < -0.3 is 15.2 Å². The third-order valence-electron chi connectivity index (χ3n) is 6.57. The average molecular weight is 508 g/mol. The molecule has 0 bridgehead atoms. The topological polar surface area (TPSA) is 109 Å². The number of hydrogen-bond acceptors (Lipinski definition) is 5. The number of nitrogens with zero attached hydrogens (tertiary/aromatic N) is 5. The van der Waals surface area contributed by atoms with Crippen molar-refractivity contribution >= 4 is 22.7 Å². The van der Waals surface area contributed by atoms with Crippen molar-refractivity contribution in [2.45, 2.75) is 26.4 Å². The number of pyridine rings is 1. The largest absolute Gasteiger partial charge is 0.345 e. The molecule has 2 N–H and O–H groups in total. The first kappa shape index (κ1) is 24.9. The summed E-state index contributed by atoms with van der Waals surface area (Å²) in [5.74, 6) is -0.0616. The highest BCUT2D eigenvalue weighted by Gasteiger charge is 2.19. The van der Waals surface area contributed by atoms with E-state index in [2.05, 4.69) is 20.4 Å². The Labute approximate surface area is 220 Å². The van der Waals surface area contributed by atoms with E-state index in [1.54, 1.807) is 35.2 Å². The first-order chi connectivity index (χ1) is 18.3. The third-order valence-corrected chi connectivity index (χ3v) is 6.57. The molecule has 1 atom stereocenters. The van der Waals surface area contributed by atoms with Gasteiger partial charge in [0.15, 0.2) is 5.82 Å². The molecule has 5 rings (SSSR count). The van der Waals surface area contributed by atoms with Crippen molar-refractivity contribution < 1.29 is 9.59 Å². The van der Waals surface area contributed by atoms with Crippen molar-refractivity contribution in [3.8, 4) is 11.3 Å². The van der Waals surface area contributed by atoms with Gasteiger partial charge in [0.1, 0.15) is 0 Å². The molecule has 2 aromatic carbocycles. The summed E-state index contributed by atoms with van der Waals surface area (Å²) in [6.07, 6.45) is 6.88. The number of nitrogens with one attached hydrogen (secondary N) is 2. The number of benzene rings is 2. The molecule has 0 saturated carbocycles. The number of amides is 2. The van der Waals surface area contributed by atoms with Gasteiger partial charge >= 0.3 is 0 Å². The predicted octanol–water partition coefficient (Wildman–Crippen LogP) is 4.43. The summed E-state index contributed by atoms with van der Waals surface area (Å²) in [5, 5.41) is 8.43. The minimum atomic E-state index is -0.262. The van der Waals surface area contributed by atoms with Crippen LogP contribution in [0.3, 0.4) is 0 Å². The lowest BCUT2D eigenvalue weighted by atomic mass is 9.99. The van der Waals surface area contributed by atoms with Gasteiger partial charge in [0.05, 0.1) is 23.4 Å². The zero-order valence-corrected chi connectivity index (χ0v) is 21.8. The first-order valence-corrected chi connectivity index (χ1v) is 12.3. The van der Waals surface area contributed by atoms with Crippen LogP contribution in [0.1, 0.15) is 50.6 Å². The molecule has 192 valence electrons. The highest BCUT2D eigenvalue weighted by atomic mass is 16.2. The second kappa shape index (κ2) is 10.3. The Morgan fingerprint density at radius 3 is 2.68 bits per heavy atom. The molecule has 0 fully saturated rings. The summed E-state index contributed by atoms with van der Waals surface area (Å²) in [6, 6.07) is 15.3. The summed E-state index contributed by atoms with van der Waals surface area (Å²) in [7, 11) is 3.60. The van der Waals surface area contributed by atoms with Crippen molar-refractivity contribution in [2.24, 2.45) is 7.05 Å². The highest BCUT2D eigenvalue weighted by Crippen LogP contribution is 2.29. The van der Waals surface area contributed by atoms with Crippen molar-refractivity contribution in [3.63, 3.8) is 0 Å². The van der Waals surface area contributed by atoms with E-state index in [4.69, 9.17) is 4.98 Å². The predicted molar refractivity (Wildman–Crippen MR) is 145 cm³/mol. The molecule has 5 aromatic rings. The van der Waals surface area contributed by atoms with Crippen LogP contribution in [0.4, 0.5) is 0 Å². The maximum Gasteiger partial charge on any atom is 0.289 e. The number of aromatic nitrogens is 5. The quantitative estimate of drug-likeness (QED) is 0.339. The molecule has 2 amide bonds. The summed E-state index contributed by atoms with van der Waals surface area (Å²) < 4.78 is 1.74. The molecule has 0 saturated heterocycles. The number of aromatic amines is 1. The minimum absolute atomic E-state index is 0.162. The van der Waals surface area contributed by atoms with Gasteiger partial charge in [-0.25, -0.2) is 9.97 Å². The molecule has 0 spiro atoms. The first-order valence-electron chi connectivity index (χ1n) is 12.3. The molecule has 0 aliphatic heterocycles. The Bertz CT molecular complexity index is 1620.